The molecule has 110 valence electrons. The van der Waals surface area contributed by atoms with Crippen LogP contribution in [0.25, 0.3) is 0 Å². The van der Waals surface area contributed by atoms with Crippen LogP contribution in [0.15, 0.2) is 42.5 Å². The molecule has 0 aliphatic rings. The molecule has 0 radical (unpaired) electrons. The van der Waals surface area contributed by atoms with Crippen molar-refractivity contribution in [1.29, 1.82) is 0 Å². The summed E-state index contributed by atoms with van der Waals surface area (Å²) in [5, 5.41) is 6.99. The second-order valence-electron chi connectivity index (χ2n) is 4.85. The Hall–Kier alpha value is -1.71. The van der Waals surface area contributed by atoms with E-state index in [4.69, 9.17) is 23.2 Å². The molecule has 1 atom stereocenters. The monoisotopic (exact) mass is 322 g/mol. The van der Waals surface area contributed by atoms with Crippen LogP contribution >= 0.6 is 23.2 Å². The molecule has 1 unspecified atom stereocenters. The predicted octanol–water partition coefficient (Wildman–Crippen LogP) is 4.74. The molecule has 0 fully saturated rings. The molecule has 5 heteroatoms. The van der Waals surface area contributed by atoms with Crippen molar-refractivity contribution in [3.05, 3.63) is 58.1 Å². The topological polar surface area (TPSA) is 41.1 Å². The number of hydrogen-bond acceptors (Lipinski definition) is 2. The molecule has 2 N–H and O–H groups in total. The second-order valence-corrected chi connectivity index (χ2v) is 5.69. The number of halogens is 2. The maximum atomic E-state index is 12.1. The zero-order chi connectivity index (χ0) is 15.4. The fourth-order valence-electron chi connectivity index (χ4n) is 1.79. The van der Waals surface area contributed by atoms with E-state index in [0.29, 0.717) is 15.7 Å². The predicted molar refractivity (Wildman–Crippen MR) is 89.4 cm³/mol. The van der Waals surface area contributed by atoms with E-state index in [1.54, 1.807) is 25.1 Å². The van der Waals surface area contributed by atoms with E-state index in [2.05, 4.69) is 10.6 Å². The van der Waals surface area contributed by atoms with E-state index in [1.165, 1.54) is 0 Å². The lowest BCUT2D eigenvalue weighted by Crippen LogP contribution is -2.31. The Morgan fingerprint density at radius 3 is 2.43 bits per heavy atom. The normalized spacial score (nSPS) is 11.8. The third-order valence-electron chi connectivity index (χ3n) is 3.01. The van der Waals surface area contributed by atoms with Gasteiger partial charge in [0, 0.05) is 10.7 Å². The van der Waals surface area contributed by atoms with Crippen LogP contribution in [-0.2, 0) is 4.79 Å². The molecule has 0 aliphatic heterocycles. The Labute approximate surface area is 134 Å². The summed E-state index contributed by atoms with van der Waals surface area (Å²) in [6, 6.07) is 12.3. The highest BCUT2D eigenvalue weighted by molar-refractivity contribution is 6.35. The number of nitrogens with one attached hydrogen (secondary N) is 2. The summed E-state index contributed by atoms with van der Waals surface area (Å²) in [4.78, 5) is 12.1. The Morgan fingerprint density at radius 2 is 1.76 bits per heavy atom. The first kappa shape index (κ1) is 15.7. The van der Waals surface area contributed by atoms with Crippen LogP contribution in [0.5, 0.6) is 0 Å². The molecule has 3 nitrogen and oxygen atoms in total. The van der Waals surface area contributed by atoms with Crippen molar-refractivity contribution in [3.63, 3.8) is 0 Å². The number of amides is 1. The molecule has 0 heterocycles. The third-order valence-corrected chi connectivity index (χ3v) is 3.58. The van der Waals surface area contributed by atoms with Gasteiger partial charge in [-0.2, -0.15) is 0 Å². The lowest BCUT2D eigenvalue weighted by molar-refractivity contribution is -0.116. The van der Waals surface area contributed by atoms with Crippen molar-refractivity contribution in [2.45, 2.75) is 19.9 Å². The quantitative estimate of drug-likeness (QED) is 0.853. The summed E-state index contributed by atoms with van der Waals surface area (Å²) in [7, 11) is 0. The number of benzene rings is 2. The maximum Gasteiger partial charge on any atom is 0.246 e. The molecule has 1 amide bonds. The van der Waals surface area contributed by atoms with E-state index < -0.39 is 6.04 Å². The first-order valence-electron chi connectivity index (χ1n) is 6.55. The van der Waals surface area contributed by atoms with Crippen molar-refractivity contribution in [3.8, 4) is 0 Å². The number of hydrogen-bond donors (Lipinski definition) is 2. The van der Waals surface area contributed by atoms with Crippen LogP contribution in [0.1, 0.15) is 12.5 Å². The van der Waals surface area contributed by atoms with Crippen molar-refractivity contribution in [2.75, 3.05) is 10.6 Å². The minimum Gasteiger partial charge on any atom is -0.373 e. The Balaban J connectivity index is 2.02. The van der Waals surface area contributed by atoms with Gasteiger partial charge >= 0.3 is 0 Å². The van der Waals surface area contributed by atoms with Crippen molar-refractivity contribution >= 4 is 40.5 Å². The van der Waals surface area contributed by atoms with Gasteiger partial charge in [-0.05, 0) is 44.2 Å². The van der Waals surface area contributed by atoms with Gasteiger partial charge < -0.3 is 10.6 Å². The lowest BCUT2D eigenvalue weighted by Gasteiger charge is -2.16. The van der Waals surface area contributed by atoms with Gasteiger partial charge in [-0.15, -0.1) is 0 Å². The van der Waals surface area contributed by atoms with Crippen LogP contribution in [0.2, 0.25) is 10.0 Å². The van der Waals surface area contributed by atoms with E-state index in [-0.39, 0.29) is 5.91 Å². The zero-order valence-corrected chi connectivity index (χ0v) is 13.3. The Kier molecular flexibility index (Phi) is 5.10. The third kappa shape index (κ3) is 4.38. The van der Waals surface area contributed by atoms with E-state index >= 15 is 0 Å². The maximum absolute atomic E-state index is 12.1. The molecule has 2 aromatic carbocycles. The Morgan fingerprint density at radius 1 is 1.10 bits per heavy atom. The van der Waals surface area contributed by atoms with Gasteiger partial charge in [0.25, 0.3) is 0 Å². The van der Waals surface area contributed by atoms with Crippen molar-refractivity contribution < 1.29 is 4.79 Å². The van der Waals surface area contributed by atoms with Gasteiger partial charge in [0.1, 0.15) is 6.04 Å². The highest BCUT2D eigenvalue weighted by Crippen LogP contribution is 2.26. The van der Waals surface area contributed by atoms with Crippen molar-refractivity contribution in [2.24, 2.45) is 0 Å². The summed E-state index contributed by atoms with van der Waals surface area (Å²) in [6.07, 6.45) is 0. The summed E-state index contributed by atoms with van der Waals surface area (Å²) < 4.78 is 0. The average Bonchev–Trinajstić information content (AvgIpc) is 2.45. The molecule has 0 aromatic heterocycles. The fraction of sp³-hybridized carbons (Fsp3) is 0.188. The van der Waals surface area contributed by atoms with E-state index in [1.807, 2.05) is 31.2 Å². The highest BCUT2D eigenvalue weighted by Gasteiger charge is 2.14. The van der Waals surface area contributed by atoms with Crippen LogP contribution in [0.4, 0.5) is 11.4 Å². The molecular weight excluding hydrogens is 307 g/mol. The van der Waals surface area contributed by atoms with Crippen LogP contribution in [-0.4, -0.2) is 11.9 Å². The molecule has 0 bridgehead atoms. The first-order chi connectivity index (χ1) is 9.95. The van der Waals surface area contributed by atoms with E-state index in [9.17, 15) is 4.79 Å². The number of rotatable bonds is 4. The first-order valence-corrected chi connectivity index (χ1v) is 7.30. The van der Waals surface area contributed by atoms with Gasteiger partial charge in [0.05, 0.1) is 10.7 Å². The van der Waals surface area contributed by atoms with Gasteiger partial charge in [-0.3, -0.25) is 4.79 Å². The number of carbonyl (C=O) groups excluding carboxylic acids is 1. The van der Waals surface area contributed by atoms with Gasteiger partial charge in [0.2, 0.25) is 5.91 Å². The minimum atomic E-state index is -0.442. The van der Waals surface area contributed by atoms with Crippen LogP contribution in [0.3, 0.4) is 0 Å². The van der Waals surface area contributed by atoms with Crippen LogP contribution < -0.4 is 10.6 Å². The highest BCUT2D eigenvalue weighted by atomic mass is 35.5. The second kappa shape index (κ2) is 6.83. The van der Waals surface area contributed by atoms with E-state index in [0.717, 1.165) is 11.3 Å². The molecule has 0 aliphatic carbocycles. The average molecular weight is 323 g/mol. The zero-order valence-electron chi connectivity index (χ0n) is 11.8. The number of anilines is 2. The Bertz CT molecular complexity index is 641. The van der Waals surface area contributed by atoms with Gasteiger partial charge in [0.15, 0.2) is 0 Å². The number of aryl methyl sites for hydroxylation is 1. The molecule has 2 rings (SSSR count). The minimum absolute atomic E-state index is 0.144. The molecule has 0 spiro atoms. The molecule has 0 saturated heterocycles. The lowest BCUT2D eigenvalue weighted by atomic mass is 10.2. The summed E-state index contributed by atoms with van der Waals surface area (Å²) in [5.74, 6) is -0.144. The molecule has 21 heavy (non-hydrogen) atoms. The standard InChI is InChI=1S/C16H16Cl2N2O/c1-10-3-6-13(7-4-10)20-16(21)11(2)19-15-9-12(17)5-8-14(15)18/h3-9,11,19H,1-2H3,(H,20,21). The molecular formula is C16H16Cl2N2O. The smallest absolute Gasteiger partial charge is 0.246 e. The SMILES string of the molecule is Cc1ccc(NC(=O)C(C)Nc2cc(Cl)ccc2Cl)cc1. The summed E-state index contributed by atoms with van der Waals surface area (Å²) in [6.45, 7) is 3.76. The molecule has 2 aromatic rings. The summed E-state index contributed by atoms with van der Waals surface area (Å²) in [5.41, 5.74) is 2.54. The fourth-order valence-corrected chi connectivity index (χ4v) is 2.14. The molecule has 0 saturated carbocycles. The van der Waals surface area contributed by atoms with Crippen LogP contribution in [0, 0.1) is 6.92 Å². The largest absolute Gasteiger partial charge is 0.373 e. The summed E-state index contributed by atoms with van der Waals surface area (Å²) >= 11 is 12.0. The van der Waals surface area contributed by atoms with Crippen molar-refractivity contribution in [1.82, 2.24) is 0 Å². The van der Waals surface area contributed by atoms with Gasteiger partial charge in [-0.25, -0.2) is 0 Å². The number of carbonyl (C=O) groups is 1. The van der Waals surface area contributed by atoms with Gasteiger partial charge in [-0.1, -0.05) is 40.9 Å².